The normalized spacial score (nSPS) is 18.2. The van der Waals surface area contributed by atoms with E-state index in [0.717, 1.165) is 36.8 Å². The number of piperidine rings is 1. The second-order valence-corrected chi connectivity index (χ2v) is 10.5. The van der Waals surface area contributed by atoms with Gasteiger partial charge in [0, 0.05) is 55.0 Å². The Hall–Kier alpha value is -3.06. The van der Waals surface area contributed by atoms with Crippen LogP contribution >= 0.6 is 11.3 Å². The van der Waals surface area contributed by atoms with Crippen LogP contribution < -0.4 is 14.7 Å². The number of carbonyl (C=O) groups excluding carboxylic acids is 1. The van der Waals surface area contributed by atoms with Crippen LogP contribution in [0.25, 0.3) is 0 Å². The lowest BCUT2D eigenvalue weighted by molar-refractivity contribution is 0.181. The number of rotatable bonds is 5. The Kier molecular flexibility index (Phi) is 5.87. The van der Waals surface area contributed by atoms with Crippen molar-refractivity contribution in [3.05, 3.63) is 70.2 Å². The lowest BCUT2D eigenvalue weighted by atomic mass is 9.99. The van der Waals surface area contributed by atoms with Gasteiger partial charge in [-0.3, -0.25) is 4.90 Å². The number of amides is 1. The monoisotopic (exact) mass is 474 g/mol. The molecule has 3 aromatic rings. The molecular weight excluding hydrogens is 444 g/mol. The van der Waals surface area contributed by atoms with Crippen LogP contribution in [0.1, 0.15) is 40.8 Å². The minimum atomic E-state index is -0.249. The molecule has 3 aliphatic rings. The van der Waals surface area contributed by atoms with Gasteiger partial charge in [0.05, 0.1) is 6.54 Å². The van der Waals surface area contributed by atoms with Crippen molar-refractivity contribution in [2.75, 3.05) is 47.5 Å². The summed E-state index contributed by atoms with van der Waals surface area (Å²) in [4.78, 5) is 24.6. The van der Waals surface area contributed by atoms with Crippen LogP contribution in [0.4, 0.5) is 21.3 Å². The van der Waals surface area contributed by atoms with Crippen molar-refractivity contribution in [1.82, 2.24) is 4.98 Å². The van der Waals surface area contributed by atoms with Crippen molar-refractivity contribution < 1.29 is 9.53 Å². The number of cyclic esters (lactones) is 1. The zero-order valence-corrected chi connectivity index (χ0v) is 20.2. The zero-order valence-electron chi connectivity index (χ0n) is 19.4. The van der Waals surface area contributed by atoms with E-state index in [0.29, 0.717) is 13.2 Å². The summed E-state index contributed by atoms with van der Waals surface area (Å²) in [6.45, 7) is 5.24. The molecule has 34 heavy (non-hydrogen) atoms. The third-order valence-electron chi connectivity index (χ3n) is 7.12. The first-order chi connectivity index (χ1) is 16.7. The summed E-state index contributed by atoms with van der Waals surface area (Å²) in [7, 11) is 0. The van der Waals surface area contributed by atoms with E-state index in [-0.39, 0.29) is 6.09 Å². The number of hydrogen-bond donors (Lipinski definition) is 0. The molecule has 176 valence electrons. The van der Waals surface area contributed by atoms with Crippen LogP contribution in [0.5, 0.6) is 0 Å². The fourth-order valence-corrected chi connectivity index (χ4v) is 6.17. The molecule has 0 atom stereocenters. The minimum Gasteiger partial charge on any atom is -0.447 e. The summed E-state index contributed by atoms with van der Waals surface area (Å²) in [5.41, 5.74) is 6.24. The predicted molar refractivity (Wildman–Crippen MR) is 137 cm³/mol. The van der Waals surface area contributed by atoms with Gasteiger partial charge in [-0.15, -0.1) is 11.3 Å². The average molecular weight is 475 g/mol. The second-order valence-electron chi connectivity index (χ2n) is 9.39. The van der Waals surface area contributed by atoms with Gasteiger partial charge in [-0.25, -0.2) is 9.78 Å². The molecule has 3 aliphatic heterocycles. The molecule has 1 amide bonds. The highest BCUT2D eigenvalue weighted by molar-refractivity contribution is 7.15. The first-order valence-corrected chi connectivity index (χ1v) is 13.1. The van der Waals surface area contributed by atoms with E-state index in [2.05, 4.69) is 46.2 Å². The summed E-state index contributed by atoms with van der Waals surface area (Å²) in [5, 5.41) is 1.08. The van der Waals surface area contributed by atoms with E-state index in [9.17, 15) is 4.79 Å². The molecule has 0 unspecified atom stereocenters. The van der Waals surface area contributed by atoms with Gasteiger partial charge in [-0.05, 0) is 66.6 Å². The summed E-state index contributed by atoms with van der Waals surface area (Å²) < 4.78 is 5.11. The molecule has 0 aliphatic carbocycles. The molecule has 2 saturated heterocycles. The zero-order chi connectivity index (χ0) is 22.9. The Bertz CT molecular complexity index is 1170. The smallest absolute Gasteiger partial charge is 0.414 e. The van der Waals surface area contributed by atoms with Crippen molar-refractivity contribution in [1.29, 1.82) is 0 Å². The Morgan fingerprint density at radius 3 is 2.50 bits per heavy atom. The van der Waals surface area contributed by atoms with Crippen LogP contribution in [0, 0.1) is 0 Å². The van der Waals surface area contributed by atoms with E-state index in [1.165, 1.54) is 59.6 Å². The molecule has 6 nitrogen and oxygen atoms in total. The molecule has 0 bridgehead atoms. The third-order valence-corrected chi connectivity index (χ3v) is 8.18. The first kappa shape index (κ1) is 21.5. The molecule has 0 saturated carbocycles. The van der Waals surface area contributed by atoms with Gasteiger partial charge in [-0.2, -0.15) is 0 Å². The summed E-state index contributed by atoms with van der Waals surface area (Å²) in [6.07, 6.45) is 7.67. The first-order valence-electron chi connectivity index (χ1n) is 12.3. The molecule has 0 N–H and O–H groups in total. The van der Waals surface area contributed by atoms with E-state index in [1.54, 1.807) is 16.2 Å². The van der Waals surface area contributed by atoms with E-state index >= 15 is 0 Å². The number of thiazole rings is 1. The summed E-state index contributed by atoms with van der Waals surface area (Å²) in [5.74, 6) is 0. The number of benzene rings is 2. The lowest BCUT2D eigenvalue weighted by Crippen LogP contribution is -2.31. The van der Waals surface area contributed by atoms with Crippen LogP contribution in [0.2, 0.25) is 0 Å². The SMILES string of the molecule is O=C1OCCN1c1ccc2c(c1)CN(c1ncc(Cc3ccc(N4CCCCC4)cc3)s1)CC2. The number of carbonyl (C=O) groups is 1. The van der Waals surface area contributed by atoms with Gasteiger partial charge in [0.25, 0.3) is 0 Å². The van der Waals surface area contributed by atoms with Crippen LogP contribution in [0.3, 0.4) is 0 Å². The highest BCUT2D eigenvalue weighted by atomic mass is 32.1. The Labute approximate surface area is 204 Å². The Balaban J connectivity index is 1.12. The van der Waals surface area contributed by atoms with Crippen molar-refractivity contribution in [2.24, 2.45) is 0 Å². The van der Waals surface area contributed by atoms with Crippen molar-refractivity contribution in [3.8, 4) is 0 Å². The summed E-state index contributed by atoms with van der Waals surface area (Å²) >= 11 is 1.79. The number of hydrogen-bond acceptors (Lipinski definition) is 6. The van der Waals surface area contributed by atoms with Gasteiger partial charge < -0.3 is 14.5 Å². The molecule has 4 heterocycles. The second kappa shape index (κ2) is 9.29. The number of ether oxygens (including phenoxy) is 1. The van der Waals surface area contributed by atoms with Crippen LogP contribution in [-0.4, -0.2) is 43.9 Å². The summed E-state index contributed by atoms with van der Waals surface area (Å²) in [6, 6.07) is 15.4. The predicted octanol–water partition coefficient (Wildman–Crippen LogP) is 5.24. The highest BCUT2D eigenvalue weighted by Gasteiger charge is 2.26. The van der Waals surface area contributed by atoms with E-state index < -0.39 is 0 Å². The fourth-order valence-electron chi connectivity index (χ4n) is 5.21. The van der Waals surface area contributed by atoms with Crippen LogP contribution in [0.15, 0.2) is 48.7 Å². The molecule has 2 aromatic carbocycles. The van der Waals surface area contributed by atoms with Gasteiger partial charge in [-0.1, -0.05) is 18.2 Å². The van der Waals surface area contributed by atoms with Gasteiger partial charge in [0.2, 0.25) is 0 Å². The molecule has 2 fully saturated rings. The van der Waals surface area contributed by atoms with Crippen molar-refractivity contribution >= 4 is 33.9 Å². The van der Waals surface area contributed by atoms with Crippen molar-refractivity contribution in [2.45, 2.75) is 38.6 Å². The Morgan fingerprint density at radius 1 is 0.882 bits per heavy atom. The van der Waals surface area contributed by atoms with Gasteiger partial charge >= 0.3 is 6.09 Å². The van der Waals surface area contributed by atoms with Crippen molar-refractivity contribution in [3.63, 3.8) is 0 Å². The number of fused-ring (bicyclic) bond motifs is 1. The van der Waals surface area contributed by atoms with E-state index in [1.807, 2.05) is 12.3 Å². The number of nitrogens with zero attached hydrogens (tertiary/aromatic N) is 4. The topological polar surface area (TPSA) is 48.9 Å². The molecule has 0 spiro atoms. The maximum Gasteiger partial charge on any atom is 0.414 e. The molecule has 6 rings (SSSR count). The largest absolute Gasteiger partial charge is 0.447 e. The maximum absolute atomic E-state index is 12.0. The highest BCUT2D eigenvalue weighted by Crippen LogP contribution is 2.32. The standard InChI is InChI=1S/C27H30N4O2S/c32-27-31(14-15-33-27)24-9-6-21-10-13-30(19-22(21)17-24)26-28-18-25(34-26)16-20-4-7-23(8-5-20)29-11-2-1-3-12-29/h4-9,17-18H,1-3,10-16,19H2. The fraction of sp³-hybridized carbons (Fsp3) is 0.407. The Morgan fingerprint density at radius 2 is 1.71 bits per heavy atom. The van der Waals surface area contributed by atoms with Crippen LogP contribution in [-0.2, 0) is 24.1 Å². The quantitative estimate of drug-likeness (QED) is 0.506. The lowest BCUT2D eigenvalue weighted by Gasteiger charge is -2.29. The number of aromatic nitrogens is 1. The van der Waals surface area contributed by atoms with Gasteiger partial charge in [0.1, 0.15) is 6.61 Å². The number of anilines is 3. The maximum atomic E-state index is 12.0. The molecule has 0 radical (unpaired) electrons. The molecule has 1 aromatic heterocycles. The van der Waals surface area contributed by atoms with E-state index in [4.69, 9.17) is 9.72 Å². The average Bonchev–Trinajstić information content (AvgIpc) is 3.53. The molecular formula is C27H30N4O2S. The van der Waals surface area contributed by atoms with Gasteiger partial charge in [0.15, 0.2) is 5.13 Å². The third kappa shape index (κ3) is 4.37. The molecule has 7 heteroatoms. The minimum absolute atomic E-state index is 0.249.